The van der Waals surface area contributed by atoms with Gasteiger partial charge in [0.1, 0.15) is 11.6 Å². The van der Waals surface area contributed by atoms with Crippen LogP contribution in [0, 0.1) is 13.8 Å². The van der Waals surface area contributed by atoms with E-state index in [9.17, 15) is 0 Å². The van der Waals surface area contributed by atoms with Crippen LogP contribution in [0.5, 0.6) is 5.75 Å². The molecule has 0 fully saturated rings. The molecule has 0 saturated carbocycles. The van der Waals surface area contributed by atoms with Crippen molar-refractivity contribution >= 4 is 11.0 Å². The molecule has 0 unspecified atom stereocenters. The molecule has 1 heterocycles. The molecule has 24 heavy (non-hydrogen) atoms. The van der Waals surface area contributed by atoms with Crippen molar-refractivity contribution in [3.63, 3.8) is 0 Å². The van der Waals surface area contributed by atoms with Crippen LogP contribution in [0.25, 0.3) is 22.4 Å². The molecule has 0 aliphatic rings. The van der Waals surface area contributed by atoms with E-state index in [2.05, 4.69) is 36.6 Å². The molecule has 1 aromatic heterocycles. The van der Waals surface area contributed by atoms with E-state index in [1.54, 1.807) is 7.11 Å². The van der Waals surface area contributed by atoms with E-state index in [-0.39, 0.29) is 5.54 Å². The second-order valence-electron chi connectivity index (χ2n) is 7.17. The first-order valence-electron chi connectivity index (χ1n) is 8.19. The second-order valence-corrected chi connectivity index (χ2v) is 7.17. The van der Waals surface area contributed by atoms with E-state index < -0.39 is 0 Å². The lowest BCUT2D eigenvalue weighted by atomic mass is 10.1. The van der Waals surface area contributed by atoms with Gasteiger partial charge in [-0.2, -0.15) is 0 Å². The molecular formula is C20H25N3O. The topological polar surface area (TPSA) is 53.1 Å². The molecule has 0 amide bonds. The van der Waals surface area contributed by atoms with Gasteiger partial charge < -0.3 is 15.0 Å². The number of nitrogens with zero attached hydrogens (tertiary/aromatic N) is 2. The Morgan fingerprint density at radius 2 is 1.83 bits per heavy atom. The fraction of sp³-hybridized carbons (Fsp3) is 0.350. The smallest absolute Gasteiger partial charge is 0.141 e. The second kappa shape index (κ2) is 5.95. The van der Waals surface area contributed by atoms with Gasteiger partial charge in [-0.25, -0.2) is 4.98 Å². The molecule has 0 aliphatic carbocycles. The van der Waals surface area contributed by atoms with Gasteiger partial charge in [0.2, 0.25) is 0 Å². The quantitative estimate of drug-likeness (QED) is 0.787. The normalized spacial score (nSPS) is 11.9. The number of imidazole rings is 1. The van der Waals surface area contributed by atoms with Crippen LogP contribution in [-0.2, 0) is 6.54 Å². The zero-order valence-corrected chi connectivity index (χ0v) is 15.1. The van der Waals surface area contributed by atoms with Gasteiger partial charge in [-0.1, -0.05) is 12.1 Å². The van der Waals surface area contributed by atoms with Crippen LogP contribution in [0.2, 0.25) is 0 Å². The van der Waals surface area contributed by atoms with E-state index in [4.69, 9.17) is 15.5 Å². The summed E-state index contributed by atoms with van der Waals surface area (Å²) in [6.07, 6.45) is 0. The monoisotopic (exact) mass is 323 g/mol. The first kappa shape index (κ1) is 16.5. The third kappa shape index (κ3) is 3.15. The predicted molar refractivity (Wildman–Crippen MR) is 99.5 cm³/mol. The van der Waals surface area contributed by atoms with Gasteiger partial charge in [0.25, 0.3) is 0 Å². The highest BCUT2D eigenvalue weighted by atomic mass is 16.5. The van der Waals surface area contributed by atoms with Gasteiger partial charge in [0.15, 0.2) is 0 Å². The molecular weight excluding hydrogens is 298 g/mol. The van der Waals surface area contributed by atoms with Gasteiger partial charge in [0.05, 0.1) is 18.1 Å². The summed E-state index contributed by atoms with van der Waals surface area (Å²) in [5, 5.41) is 0. The first-order valence-corrected chi connectivity index (χ1v) is 8.19. The van der Waals surface area contributed by atoms with Crippen molar-refractivity contribution in [3.8, 4) is 17.1 Å². The number of aromatic nitrogens is 2. The predicted octanol–water partition coefficient (Wildman–Crippen LogP) is 4.07. The van der Waals surface area contributed by atoms with Crippen LogP contribution in [0.4, 0.5) is 0 Å². The number of nitrogens with two attached hydrogens (primary N) is 1. The Hall–Kier alpha value is -2.33. The van der Waals surface area contributed by atoms with Crippen molar-refractivity contribution in [2.45, 2.75) is 39.8 Å². The van der Waals surface area contributed by atoms with Crippen molar-refractivity contribution < 1.29 is 4.74 Å². The third-order valence-corrected chi connectivity index (χ3v) is 4.26. The number of rotatable bonds is 4. The van der Waals surface area contributed by atoms with Crippen LogP contribution in [0.15, 0.2) is 36.4 Å². The van der Waals surface area contributed by atoms with Crippen LogP contribution in [0.1, 0.15) is 25.0 Å². The number of fused-ring (bicyclic) bond motifs is 1. The Morgan fingerprint density at radius 3 is 2.50 bits per heavy atom. The maximum Gasteiger partial charge on any atom is 0.141 e. The summed E-state index contributed by atoms with van der Waals surface area (Å²) in [4.78, 5) is 4.90. The largest absolute Gasteiger partial charge is 0.497 e. The Balaban J connectivity index is 2.27. The Kier molecular flexibility index (Phi) is 4.10. The molecule has 2 aromatic carbocycles. The first-order chi connectivity index (χ1) is 11.3. The van der Waals surface area contributed by atoms with E-state index in [1.165, 1.54) is 11.1 Å². The van der Waals surface area contributed by atoms with E-state index in [0.29, 0.717) is 6.54 Å². The number of hydrogen-bond donors (Lipinski definition) is 1. The van der Waals surface area contributed by atoms with Crippen molar-refractivity contribution in [2.75, 3.05) is 7.11 Å². The minimum Gasteiger partial charge on any atom is -0.497 e. The number of methoxy groups -OCH3 is 1. The SMILES string of the molecule is COc1cccc(-c2nc3cc(C)c(C)cc3n2CC(C)(C)N)c1. The summed E-state index contributed by atoms with van der Waals surface area (Å²) in [5.41, 5.74) is 11.6. The van der Waals surface area contributed by atoms with Gasteiger partial charge in [-0.3, -0.25) is 0 Å². The van der Waals surface area contributed by atoms with Crippen molar-refractivity contribution in [3.05, 3.63) is 47.5 Å². The minimum atomic E-state index is -0.333. The maximum absolute atomic E-state index is 6.32. The fourth-order valence-electron chi connectivity index (χ4n) is 2.93. The molecule has 0 bridgehead atoms. The van der Waals surface area contributed by atoms with Crippen LogP contribution in [0.3, 0.4) is 0 Å². The van der Waals surface area contributed by atoms with Crippen LogP contribution >= 0.6 is 0 Å². The number of aryl methyl sites for hydroxylation is 2. The van der Waals surface area contributed by atoms with E-state index >= 15 is 0 Å². The van der Waals surface area contributed by atoms with Crippen molar-refractivity contribution in [1.82, 2.24) is 9.55 Å². The fourth-order valence-corrected chi connectivity index (χ4v) is 2.93. The highest BCUT2D eigenvalue weighted by molar-refractivity contribution is 5.82. The highest BCUT2D eigenvalue weighted by Crippen LogP contribution is 2.29. The standard InChI is InChI=1S/C20H25N3O/c1-13-9-17-18(10-14(13)2)23(12-20(3,4)21)19(22-17)15-7-6-8-16(11-15)24-5/h6-11H,12,21H2,1-5H3. The molecule has 3 aromatic rings. The van der Waals surface area contributed by atoms with Gasteiger partial charge >= 0.3 is 0 Å². The Labute approximate surface area is 143 Å². The van der Waals surface area contributed by atoms with E-state index in [1.807, 2.05) is 32.0 Å². The summed E-state index contributed by atoms with van der Waals surface area (Å²) >= 11 is 0. The van der Waals surface area contributed by atoms with Gasteiger partial charge in [-0.05, 0) is 63.1 Å². The van der Waals surface area contributed by atoms with Crippen LogP contribution in [-0.4, -0.2) is 22.2 Å². The summed E-state index contributed by atoms with van der Waals surface area (Å²) in [7, 11) is 1.68. The molecule has 0 aliphatic heterocycles. The van der Waals surface area contributed by atoms with Gasteiger partial charge in [-0.15, -0.1) is 0 Å². The zero-order valence-electron chi connectivity index (χ0n) is 15.1. The average Bonchev–Trinajstić information content (AvgIpc) is 2.84. The molecule has 4 heteroatoms. The molecule has 3 rings (SSSR count). The zero-order chi connectivity index (χ0) is 17.5. The average molecular weight is 323 g/mol. The van der Waals surface area contributed by atoms with Crippen LogP contribution < -0.4 is 10.5 Å². The molecule has 126 valence electrons. The minimum absolute atomic E-state index is 0.333. The molecule has 0 radical (unpaired) electrons. The van der Waals surface area contributed by atoms with Gasteiger partial charge in [0, 0.05) is 17.6 Å². The summed E-state index contributed by atoms with van der Waals surface area (Å²) in [6.45, 7) is 9.01. The molecule has 2 N–H and O–H groups in total. The van der Waals surface area contributed by atoms with Crippen molar-refractivity contribution in [2.24, 2.45) is 5.73 Å². The molecule has 4 nitrogen and oxygen atoms in total. The molecule has 0 saturated heterocycles. The summed E-state index contributed by atoms with van der Waals surface area (Å²) < 4.78 is 7.59. The lowest BCUT2D eigenvalue weighted by Crippen LogP contribution is -2.37. The maximum atomic E-state index is 6.32. The summed E-state index contributed by atoms with van der Waals surface area (Å²) in [6, 6.07) is 12.4. The van der Waals surface area contributed by atoms with E-state index in [0.717, 1.165) is 28.2 Å². The highest BCUT2D eigenvalue weighted by Gasteiger charge is 2.19. The Bertz CT molecular complexity index is 888. The Morgan fingerprint density at radius 1 is 1.12 bits per heavy atom. The summed E-state index contributed by atoms with van der Waals surface area (Å²) in [5.74, 6) is 1.75. The number of hydrogen-bond acceptors (Lipinski definition) is 3. The molecule has 0 spiro atoms. The van der Waals surface area contributed by atoms with Crippen molar-refractivity contribution in [1.29, 1.82) is 0 Å². The molecule has 0 atom stereocenters. The third-order valence-electron chi connectivity index (χ3n) is 4.26. The lowest BCUT2D eigenvalue weighted by Gasteiger charge is -2.21. The number of benzene rings is 2. The lowest BCUT2D eigenvalue weighted by molar-refractivity contribution is 0.415. The number of ether oxygens (including phenoxy) is 1.